The molecule has 0 atom stereocenters. The molecule has 1 aliphatic carbocycles. The zero-order chi connectivity index (χ0) is 13.9. The number of rotatable bonds is 6. The SMILES string of the molecule is CNCc1ccc(N(Cc2ccsc2)C2CC2)cc1Br. The fraction of sp³-hybridized carbons (Fsp3) is 0.375. The summed E-state index contributed by atoms with van der Waals surface area (Å²) < 4.78 is 1.19. The zero-order valence-electron chi connectivity index (χ0n) is 11.6. The predicted octanol–water partition coefficient (Wildman–Crippen LogP) is 4.40. The van der Waals surface area contributed by atoms with Crippen LogP contribution in [-0.2, 0) is 13.1 Å². The average molecular weight is 351 g/mol. The van der Waals surface area contributed by atoms with Crippen molar-refractivity contribution in [2.45, 2.75) is 32.0 Å². The Hall–Kier alpha value is -0.840. The summed E-state index contributed by atoms with van der Waals surface area (Å²) in [6.07, 6.45) is 2.64. The average Bonchev–Trinajstić information content (AvgIpc) is 3.15. The highest BCUT2D eigenvalue weighted by molar-refractivity contribution is 9.10. The second-order valence-electron chi connectivity index (χ2n) is 5.30. The number of benzene rings is 1. The van der Waals surface area contributed by atoms with Crippen molar-refractivity contribution >= 4 is 33.0 Å². The fourth-order valence-corrected chi connectivity index (χ4v) is 3.61. The maximum atomic E-state index is 3.70. The van der Waals surface area contributed by atoms with Gasteiger partial charge in [-0.05, 0) is 60.0 Å². The third kappa shape index (κ3) is 3.25. The molecule has 3 rings (SSSR count). The van der Waals surface area contributed by atoms with Crippen molar-refractivity contribution in [2.24, 2.45) is 0 Å². The summed E-state index contributed by atoms with van der Waals surface area (Å²) in [5, 5.41) is 7.61. The maximum absolute atomic E-state index is 3.70. The van der Waals surface area contributed by atoms with Gasteiger partial charge < -0.3 is 10.2 Å². The lowest BCUT2D eigenvalue weighted by atomic mass is 10.1. The standard InChI is InChI=1S/C16H19BrN2S/c1-18-9-13-2-3-15(8-16(13)17)19(14-4-5-14)10-12-6-7-20-11-12/h2-3,6-8,11,14,18H,4-5,9-10H2,1H3. The molecular formula is C16H19BrN2S. The highest BCUT2D eigenvalue weighted by Gasteiger charge is 2.29. The van der Waals surface area contributed by atoms with Crippen molar-refractivity contribution in [3.63, 3.8) is 0 Å². The van der Waals surface area contributed by atoms with E-state index in [0.717, 1.165) is 19.1 Å². The second kappa shape index (κ2) is 6.29. The van der Waals surface area contributed by atoms with Crippen LogP contribution in [-0.4, -0.2) is 13.1 Å². The second-order valence-corrected chi connectivity index (χ2v) is 6.93. The molecule has 0 amide bonds. The molecular weight excluding hydrogens is 332 g/mol. The highest BCUT2D eigenvalue weighted by Crippen LogP contribution is 2.35. The smallest absolute Gasteiger partial charge is 0.0440 e. The lowest BCUT2D eigenvalue weighted by Gasteiger charge is -2.25. The Kier molecular flexibility index (Phi) is 4.44. The van der Waals surface area contributed by atoms with Crippen LogP contribution >= 0.6 is 27.3 Å². The van der Waals surface area contributed by atoms with Crippen molar-refractivity contribution in [3.8, 4) is 0 Å². The van der Waals surface area contributed by atoms with Gasteiger partial charge >= 0.3 is 0 Å². The highest BCUT2D eigenvalue weighted by atomic mass is 79.9. The first kappa shape index (κ1) is 14.1. The topological polar surface area (TPSA) is 15.3 Å². The Morgan fingerprint density at radius 1 is 1.35 bits per heavy atom. The van der Waals surface area contributed by atoms with Crippen LogP contribution in [0.5, 0.6) is 0 Å². The van der Waals surface area contributed by atoms with E-state index < -0.39 is 0 Å². The van der Waals surface area contributed by atoms with Gasteiger partial charge in [-0.2, -0.15) is 11.3 Å². The maximum Gasteiger partial charge on any atom is 0.0440 e. The van der Waals surface area contributed by atoms with Crippen LogP contribution in [0.25, 0.3) is 0 Å². The lowest BCUT2D eigenvalue weighted by molar-refractivity contribution is 0.790. The lowest BCUT2D eigenvalue weighted by Crippen LogP contribution is -2.24. The third-order valence-corrected chi connectivity index (χ3v) is 5.13. The van der Waals surface area contributed by atoms with Crippen LogP contribution in [0.15, 0.2) is 39.5 Å². The van der Waals surface area contributed by atoms with Crippen molar-refractivity contribution in [1.29, 1.82) is 0 Å². The van der Waals surface area contributed by atoms with Gasteiger partial charge in [-0.1, -0.05) is 22.0 Å². The molecule has 0 radical (unpaired) electrons. The molecule has 0 aliphatic heterocycles. The van der Waals surface area contributed by atoms with E-state index in [1.165, 1.54) is 34.1 Å². The minimum absolute atomic E-state index is 0.719. The van der Waals surface area contributed by atoms with E-state index in [2.05, 4.69) is 61.2 Å². The van der Waals surface area contributed by atoms with Crippen molar-refractivity contribution < 1.29 is 0 Å². The van der Waals surface area contributed by atoms with Crippen LogP contribution in [0, 0.1) is 0 Å². The third-order valence-electron chi connectivity index (χ3n) is 3.66. The monoisotopic (exact) mass is 350 g/mol. The summed E-state index contributed by atoms with van der Waals surface area (Å²) in [4.78, 5) is 2.54. The van der Waals surface area contributed by atoms with Crippen molar-refractivity contribution in [2.75, 3.05) is 11.9 Å². The minimum Gasteiger partial charge on any atom is -0.364 e. The molecule has 4 heteroatoms. The first-order valence-electron chi connectivity index (χ1n) is 6.98. The molecule has 1 fully saturated rings. The summed E-state index contributed by atoms with van der Waals surface area (Å²) >= 11 is 5.48. The van der Waals surface area contributed by atoms with E-state index in [-0.39, 0.29) is 0 Å². The predicted molar refractivity (Wildman–Crippen MR) is 90.4 cm³/mol. The van der Waals surface area contributed by atoms with E-state index in [4.69, 9.17) is 0 Å². The number of nitrogens with one attached hydrogen (secondary N) is 1. The van der Waals surface area contributed by atoms with Gasteiger partial charge in [0, 0.05) is 29.3 Å². The normalized spacial score (nSPS) is 14.5. The van der Waals surface area contributed by atoms with Gasteiger partial charge in [-0.15, -0.1) is 0 Å². The van der Waals surface area contributed by atoms with E-state index in [0.29, 0.717) is 0 Å². The van der Waals surface area contributed by atoms with Crippen molar-refractivity contribution in [3.05, 3.63) is 50.6 Å². The minimum atomic E-state index is 0.719. The van der Waals surface area contributed by atoms with Gasteiger partial charge in [0.1, 0.15) is 0 Å². The largest absolute Gasteiger partial charge is 0.364 e. The fourth-order valence-electron chi connectivity index (χ4n) is 2.45. The van der Waals surface area contributed by atoms with Gasteiger partial charge in [0.15, 0.2) is 0 Å². The molecule has 2 nitrogen and oxygen atoms in total. The Balaban J connectivity index is 1.82. The summed E-state index contributed by atoms with van der Waals surface area (Å²) in [6.45, 7) is 1.92. The molecule has 0 bridgehead atoms. The molecule has 1 aromatic heterocycles. The number of nitrogens with zero attached hydrogens (tertiary/aromatic N) is 1. The Bertz CT molecular complexity index is 564. The first-order valence-corrected chi connectivity index (χ1v) is 8.72. The zero-order valence-corrected chi connectivity index (χ0v) is 14.0. The van der Waals surface area contributed by atoms with Gasteiger partial charge in [0.05, 0.1) is 0 Å². The van der Waals surface area contributed by atoms with Gasteiger partial charge in [0.2, 0.25) is 0 Å². The molecule has 0 saturated heterocycles. The van der Waals surface area contributed by atoms with E-state index >= 15 is 0 Å². The van der Waals surface area contributed by atoms with Gasteiger partial charge in [0.25, 0.3) is 0 Å². The molecule has 0 unspecified atom stereocenters. The molecule has 106 valence electrons. The molecule has 20 heavy (non-hydrogen) atoms. The molecule has 1 N–H and O–H groups in total. The Labute approximate surface area is 132 Å². The van der Waals surface area contributed by atoms with Crippen LogP contribution in [0.1, 0.15) is 24.0 Å². The Morgan fingerprint density at radius 3 is 2.80 bits per heavy atom. The van der Waals surface area contributed by atoms with Gasteiger partial charge in [-0.25, -0.2) is 0 Å². The molecule has 1 aromatic carbocycles. The quantitative estimate of drug-likeness (QED) is 0.830. The molecule has 0 spiro atoms. The number of hydrogen-bond donors (Lipinski definition) is 1. The number of thiophene rings is 1. The van der Waals surface area contributed by atoms with E-state index in [1.54, 1.807) is 11.3 Å². The van der Waals surface area contributed by atoms with Crippen LogP contribution < -0.4 is 10.2 Å². The van der Waals surface area contributed by atoms with E-state index in [9.17, 15) is 0 Å². The summed E-state index contributed by atoms with van der Waals surface area (Å²) in [5.41, 5.74) is 4.05. The molecule has 1 heterocycles. The number of hydrogen-bond acceptors (Lipinski definition) is 3. The van der Waals surface area contributed by atoms with Crippen LogP contribution in [0.2, 0.25) is 0 Å². The number of anilines is 1. The molecule has 2 aromatic rings. The summed E-state index contributed by atoms with van der Waals surface area (Å²) in [5.74, 6) is 0. The summed E-state index contributed by atoms with van der Waals surface area (Å²) in [6, 6.07) is 9.68. The molecule has 1 saturated carbocycles. The van der Waals surface area contributed by atoms with E-state index in [1.807, 2.05) is 7.05 Å². The first-order chi connectivity index (χ1) is 9.78. The molecule has 1 aliphatic rings. The van der Waals surface area contributed by atoms with Crippen molar-refractivity contribution in [1.82, 2.24) is 5.32 Å². The summed E-state index contributed by atoms with van der Waals surface area (Å²) in [7, 11) is 1.98. The van der Waals surface area contributed by atoms with Crippen LogP contribution in [0.4, 0.5) is 5.69 Å². The van der Waals surface area contributed by atoms with Gasteiger partial charge in [-0.3, -0.25) is 0 Å². The van der Waals surface area contributed by atoms with Crippen LogP contribution in [0.3, 0.4) is 0 Å². The number of halogens is 1. The Morgan fingerprint density at radius 2 is 2.20 bits per heavy atom.